The minimum Gasteiger partial charge on any atom is -0.396 e. The van der Waals surface area contributed by atoms with Gasteiger partial charge in [-0.25, -0.2) is 0 Å². The van der Waals surface area contributed by atoms with E-state index in [1.54, 1.807) is 0 Å². The molecule has 1 heterocycles. The van der Waals surface area contributed by atoms with Gasteiger partial charge in [-0.05, 0) is 32.2 Å². The van der Waals surface area contributed by atoms with E-state index in [0.29, 0.717) is 6.10 Å². The Balaban J connectivity index is 2.53. The van der Waals surface area contributed by atoms with Gasteiger partial charge >= 0.3 is 0 Å². The summed E-state index contributed by atoms with van der Waals surface area (Å²) in [6, 6.07) is 0. The van der Waals surface area contributed by atoms with Crippen molar-refractivity contribution in [3.05, 3.63) is 0 Å². The van der Waals surface area contributed by atoms with E-state index in [9.17, 15) is 0 Å². The average Bonchev–Trinajstić information content (AvgIpc) is 2.19. The van der Waals surface area contributed by atoms with Crippen molar-refractivity contribution < 1.29 is 9.84 Å². The Labute approximate surface area is 93.2 Å². The highest BCUT2D eigenvalue weighted by atomic mass is 16.5. The lowest BCUT2D eigenvalue weighted by molar-refractivity contribution is -0.0384. The number of nitrogens with one attached hydrogen (secondary N) is 1. The minimum atomic E-state index is 0.127. The van der Waals surface area contributed by atoms with E-state index in [2.05, 4.69) is 19.2 Å². The fraction of sp³-hybridized carbons (Fsp3) is 1.00. The number of hydrogen-bond acceptors (Lipinski definition) is 3. The molecule has 0 aromatic heterocycles. The third-order valence-corrected chi connectivity index (χ3v) is 3.31. The van der Waals surface area contributed by atoms with E-state index < -0.39 is 0 Å². The van der Waals surface area contributed by atoms with Crippen molar-refractivity contribution in [1.29, 1.82) is 0 Å². The number of ether oxygens (including phenoxy) is 1. The van der Waals surface area contributed by atoms with Crippen LogP contribution in [0.25, 0.3) is 0 Å². The van der Waals surface area contributed by atoms with Gasteiger partial charge in [0, 0.05) is 18.8 Å². The molecule has 1 aliphatic heterocycles. The van der Waals surface area contributed by atoms with E-state index in [0.717, 1.165) is 38.8 Å². The molecule has 3 nitrogen and oxygen atoms in total. The lowest BCUT2D eigenvalue weighted by Crippen LogP contribution is -2.52. The monoisotopic (exact) mass is 215 g/mol. The van der Waals surface area contributed by atoms with Crippen LogP contribution >= 0.6 is 0 Å². The first-order valence-corrected chi connectivity index (χ1v) is 6.24. The average molecular weight is 215 g/mol. The van der Waals surface area contributed by atoms with E-state index in [1.807, 2.05) is 0 Å². The molecule has 3 heteroatoms. The van der Waals surface area contributed by atoms with Gasteiger partial charge in [0.2, 0.25) is 0 Å². The second-order valence-electron chi connectivity index (χ2n) is 4.52. The summed E-state index contributed by atoms with van der Waals surface area (Å²) in [5.41, 5.74) is 0.127. The van der Waals surface area contributed by atoms with Gasteiger partial charge in [0.05, 0.1) is 6.10 Å². The lowest BCUT2D eigenvalue weighted by Gasteiger charge is -2.41. The second-order valence-corrected chi connectivity index (χ2v) is 4.52. The summed E-state index contributed by atoms with van der Waals surface area (Å²) in [6.45, 7) is 6.39. The molecule has 1 aliphatic rings. The first-order valence-electron chi connectivity index (χ1n) is 6.24. The summed E-state index contributed by atoms with van der Waals surface area (Å²) >= 11 is 0. The van der Waals surface area contributed by atoms with Crippen LogP contribution in [-0.2, 0) is 4.74 Å². The lowest BCUT2D eigenvalue weighted by atomic mass is 9.82. The summed E-state index contributed by atoms with van der Waals surface area (Å²) in [4.78, 5) is 0. The Kier molecular flexibility index (Phi) is 5.58. The van der Waals surface area contributed by atoms with Gasteiger partial charge in [-0.2, -0.15) is 0 Å². The zero-order chi connectivity index (χ0) is 11.1. The highest BCUT2D eigenvalue weighted by Crippen LogP contribution is 2.29. The molecule has 2 unspecified atom stereocenters. The van der Waals surface area contributed by atoms with Gasteiger partial charge in [0.15, 0.2) is 0 Å². The summed E-state index contributed by atoms with van der Waals surface area (Å²) in [5.74, 6) is 0. The predicted molar refractivity (Wildman–Crippen MR) is 62.0 cm³/mol. The maximum Gasteiger partial charge on any atom is 0.0592 e. The number of rotatable bonds is 6. The smallest absolute Gasteiger partial charge is 0.0592 e. The molecule has 1 saturated heterocycles. The number of aliphatic hydroxyl groups excluding tert-OH is 1. The van der Waals surface area contributed by atoms with Crippen molar-refractivity contribution in [3.8, 4) is 0 Å². The summed E-state index contributed by atoms with van der Waals surface area (Å²) in [6.07, 6.45) is 5.63. The van der Waals surface area contributed by atoms with Gasteiger partial charge in [-0.15, -0.1) is 0 Å². The molecular weight excluding hydrogens is 190 g/mol. The summed E-state index contributed by atoms with van der Waals surface area (Å²) < 4.78 is 5.74. The molecule has 0 aromatic rings. The molecule has 0 aliphatic carbocycles. The highest BCUT2D eigenvalue weighted by Gasteiger charge is 2.35. The quantitative estimate of drug-likeness (QED) is 0.708. The van der Waals surface area contributed by atoms with Crippen molar-refractivity contribution in [3.63, 3.8) is 0 Å². The van der Waals surface area contributed by atoms with Gasteiger partial charge in [0.25, 0.3) is 0 Å². The zero-order valence-electron chi connectivity index (χ0n) is 10.1. The molecule has 0 spiro atoms. The topological polar surface area (TPSA) is 41.5 Å². The number of aliphatic hydroxyl groups is 1. The van der Waals surface area contributed by atoms with Gasteiger partial charge in [0.1, 0.15) is 0 Å². The Bertz CT molecular complexity index is 159. The Hall–Kier alpha value is -0.120. The Morgan fingerprint density at radius 2 is 2.27 bits per heavy atom. The molecular formula is C12H25NO2. The van der Waals surface area contributed by atoms with Crippen LogP contribution in [0.15, 0.2) is 0 Å². The maximum absolute atomic E-state index is 9.15. The molecule has 0 saturated carbocycles. The van der Waals surface area contributed by atoms with Gasteiger partial charge < -0.3 is 15.2 Å². The van der Waals surface area contributed by atoms with E-state index in [4.69, 9.17) is 9.84 Å². The molecule has 15 heavy (non-hydrogen) atoms. The van der Waals surface area contributed by atoms with Crippen LogP contribution in [0.5, 0.6) is 0 Å². The standard InChI is InChI=1S/C12H25NO2/c1-3-5-11-10-12(6-8-14,13-4-2)7-9-15-11/h11,13-14H,3-10H2,1-2H3. The van der Waals surface area contributed by atoms with Crippen molar-refractivity contribution in [2.45, 2.75) is 57.6 Å². The van der Waals surface area contributed by atoms with Crippen molar-refractivity contribution in [2.75, 3.05) is 19.8 Å². The molecule has 1 rings (SSSR count). The largest absolute Gasteiger partial charge is 0.396 e. The van der Waals surface area contributed by atoms with Crippen molar-refractivity contribution in [2.24, 2.45) is 0 Å². The first-order chi connectivity index (χ1) is 7.26. The van der Waals surface area contributed by atoms with Crippen LogP contribution in [0.3, 0.4) is 0 Å². The normalized spacial score (nSPS) is 31.8. The molecule has 0 aromatic carbocycles. The maximum atomic E-state index is 9.15. The molecule has 0 bridgehead atoms. The van der Waals surface area contributed by atoms with Crippen molar-refractivity contribution in [1.82, 2.24) is 5.32 Å². The molecule has 0 amide bonds. The van der Waals surface area contributed by atoms with Crippen molar-refractivity contribution >= 4 is 0 Å². The summed E-state index contributed by atoms with van der Waals surface area (Å²) in [7, 11) is 0. The fourth-order valence-electron chi connectivity index (χ4n) is 2.59. The van der Waals surface area contributed by atoms with Crippen LogP contribution in [-0.4, -0.2) is 36.5 Å². The fourth-order valence-corrected chi connectivity index (χ4v) is 2.59. The van der Waals surface area contributed by atoms with Crippen LogP contribution < -0.4 is 5.32 Å². The van der Waals surface area contributed by atoms with Crippen LogP contribution in [0, 0.1) is 0 Å². The molecule has 2 N–H and O–H groups in total. The summed E-state index contributed by atoms with van der Waals surface area (Å²) in [5, 5.41) is 12.7. The Morgan fingerprint density at radius 3 is 2.87 bits per heavy atom. The van der Waals surface area contributed by atoms with E-state index in [-0.39, 0.29) is 12.1 Å². The highest BCUT2D eigenvalue weighted by molar-refractivity contribution is 4.92. The third kappa shape index (κ3) is 3.74. The van der Waals surface area contributed by atoms with E-state index in [1.165, 1.54) is 6.42 Å². The Morgan fingerprint density at radius 1 is 1.47 bits per heavy atom. The van der Waals surface area contributed by atoms with Crippen LogP contribution in [0.4, 0.5) is 0 Å². The number of hydrogen-bond donors (Lipinski definition) is 2. The third-order valence-electron chi connectivity index (χ3n) is 3.31. The van der Waals surface area contributed by atoms with Crippen LogP contribution in [0.2, 0.25) is 0 Å². The van der Waals surface area contributed by atoms with Crippen LogP contribution in [0.1, 0.15) is 46.0 Å². The molecule has 0 radical (unpaired) electrons. The van der Waals surface area contributed by atoms with Gasteiger partial charge in [-0.3, -0.25) is 0 Å². The first kappa shape index (κ1) is 12.9. The van der Waals surface area contributed by atoms with E-state index >= 15 is 0 Å². The second kappa shape index (κ2) is 6.46. The molecule has 90 valence electrons. The molecule has 1 fully saturated rings. The van der Waals surface area contributed by atoms with Gasteiger partial charge in [-0.1, -0.05) is 20.3 Å². The predicted octanol–water partition coefficient (Wildman–Crippen LogP) is 1.70. The SMILES string of the molecule is CCCC1CC(CCO)(NCC)CCO1. The minimum absolute atomic E-state index is 0.127. The molecule has 2 atom stereocenters. The zero-order valence-corrected chi connectivity index (χ0v) is 10.1.